The second-order valence-corrected chi connectivity index (χ2v) is 7.12. The third kappa shape index (κ3) is 4.25. The van der Waals surface area contributed by atoms with E-state index in [-0.39, 0.29) is 5.91 Å². The van der Waals surface area contributed by atoms with E-state index in [1.165, 1.54) is 0 Å². The fourth-order valence-corrected chi connectivity index (χ4v) is 3.18. The predicted molar refractivity (Wildman–Crippen MR) is 111 cm³/mol. The number of carbonyl (C=O) groups excluding carboxylic acids is 1. The third-order valence-electron chi connectivity index (χ3n) is 3.57. The van der Waals surface area contributed by atoms with Gasteiger partial charge in [-0.2, -0.15) is 0 Å². The molecule has 0 radical (unpaired) electrons. The number of fused-ring (bicyclic) bond motifs is 1. The van der Waals surface area contributed by atoms with Crippen LogP contribution >= 0.6 is 23.6 Å². The van der Waals surface area contributed by atoms with E-state index >= 15 is 0 Å². The van der Waals surface area contributed by atoms with Gasteiger partial charge in [-0.3, -0.25) is 15.6 Å². The molecule has 2 heterocycles. The van der Waals surface area contributed by atoms with Crippen molar-refractivity contribution in [3.8, 4) is 10.6 Å². The molecule has 1 amide bonds. The number of rotatable bonds is 4. The van der Waals surface area contributed by atoms with Gasteiger partial charge in [0.15, 0.2) is 5.11 Å². The fraction of sp³-hybridized carbons (Fsp3) is 0.105. The first kappa shape index (κ1) is 18.0. The van der Waals surface area contributed by atoms with Crippen LogP contribution in [0.1, 0.15) is 17.3 Å². The zero-order chi connectivity index (χ0) is 18.5. The van der Waals surface area contributed by atoms with E-state index in [1.807, 2.05) is 48.7 Å². The molecule has 5 nitrogen and oxygen atoms in total. The Bertz CT molecular complexity index is 967. The van der Waals surface area contributed by atoms with Crippen LogP contribution in [0, 0.1) is 0 Å². The molecular weight excluding hydrogens is 364 g/mol. The maximum atomic E-state index is 12.7. The number of aromatic nitrogens is 1. The summed E-state index contributed by atoms with van der Waals surface area (Å²) in [6.45, 7) is 6.23. The summed E-state index contributed by atoms with van der Waals surface area (Å²) in [7, 11) is 0. The van der Waals surface area contributed by atoms with E-state index in [9.17, 15) is 4.79 Å². The monoisotopic (exact) mass is 382 g/mol. The lowest BCUT2D eigenvalue weighted by Gasteiger charge is -2.13. The first-order chi connectivity index (χ1) is 12.5. The Kier molecular flexibility index (Phi) is 5.60. The van der Waals surface area contributed by atoms with Gasteiger partial charge in [-0.15, -0.1) is 11.3 Å². The second-order valence-electron chi connectivity index (χ2n) is 5.77. The molecule has 0 saturated heterocycles. The van der Waals surface area contributed by atoms with Crippen LogP contribution in [-0.4, -0.2) is 22.5 Å². The summed E-state index contributed by atoms with van der Waals surface area (Å²) in [5.74, 6) is -0.277. The van der Waals surface area contributed by atoms with Crippen molar-refractivity contribution in [2.75, 3.05) is 6.54 Å². The number of hydrogen-bond acceptors (Lipinski definition) is 4. The van der Waals surface area contributed by atoms with Crippen molar-refractivity contribution in [3.63, 3.8) is 0 Å². The summed E-state index contributed by atoms with van der Waals surface area (Å²) in [5.41, 5.74) is 8.38. The molecule has 3 rings (SSSR count). The summed E-state index contributed by atoms with van der Waals surface area (Å²) in [6, 6.07) is 13.3. The highest BCUT2D eigenvalue weighted by molar-refractivity contribution is 7.80. The second kappa shape index (κ2) is 8.07. The zero-order valence-corrected chi connectivity index (χ0v) is 15.8. The molecule has 0 unspecified atom stereocenters. The summed E-state index contributed by atoms with van der Waals surface area (Å²) in [5, 5.41) is 6.06. The number of hydrazine groups is 1. The highest BCUT2D eigenvalue weighted by atomic mass is 32.1. The topological polar surface area (TPSA) is 66.0 Å². The smallest absolute Gasteiger partial charge is 0.270 e. The first-order valence-corrected chi connectivity index (χ1v) is 9.25. The van der Waals surface area contributed by atoms with Gasteiger partial charge in [-0.25, -0.2) is 4.98 Å². The minimum atomic E-state index is -0.277. The zero-order valence-electron chi connectivity index (χ0n) is 14.2. The Morgan fingerprint density at radius 1 is 1.23 bits per heavy atom. The molecule has 0 aliphatic rings. The molecule has 2 aromatic heterocycles. The Labute approximate surface area is 161 Å². The Balaban J connectivity index is 1.85. The third-order valence-corrected chi connectivity index (χ3v) is 4.71. The van der Waals surface area contributed by atoms with E-state index in [0.29, 0.717) is 17.2 Å². The van der Waals surface area contributed by atoms with Crippen LogP contribution in [0.15, 0.2) is 60.0 Å². The largest absolute Gasteiger partial charge is 0.358 e. The molecule has 0 saturated carbocycles. The Hall–Kier alpha value is -2.77. The number of thiophene rings is 1. The number of nitrogens with zero attached hydrogens (tertiary/aromatic N) is 1. The molecule has 3 N–H and O–H groups in total. The van der Waals surface area contributed by atoms with Gasteiger partial charge in [0.1, 0.15) is 0 Å². The van der Waals surface area contributed by atoms with Crippen molar-refractivity contribution in [1.29, 1.82) is 0 Å². The number of pyridine rings is 1. The van der Waals surface area contributed by atoms with Gasteiger partial charge >= 0.3 is 0 Å². The van der Waals surface area contributed by atoms with Crippen molar-refractivity contribution < 1.29 is 4.79 Å². The molecule has 7 heteroatoms. The van der Waals surface area contributed by atoms with Crippen LogP contribution in [0.4, 0.5) is 0 Å². The summed E-state index contributed by atoms with van der Waals surface area (Å²) in [4.78, 5) is 18.4. The number of carbonyl (C=O) groups is 1. The fourth-order valence-electron chi connectivity index (χ4n) is 2.37. The highest BCUT2D eigenvalue weighted by Crippen LogP contribution is 2.27. The maximum Gasteiger partial charge on any atom is 0.270 e. The van der Waals surface area contributed by atoms with E-state index in [1.54, 1.807) is 17.4 Å². The molecule has 0 fully saturated rings. The quantitative estimate of drug-likeness (QED) is 0.365. The van der Waals surface area contributed by atoms with Crippen molar-refractivity contribution in [2.24, 2.45) is 0 Å². The normalized spacial score (nSPS) is 10.3. The SMILES string of the molecule is C=C(C)CNC(=S)NNC(=O)c1cc(-c2cccs2)nc2ccccc12. The van der Waals surface area contributed by atoms with Crippen molar-refractivity contribution >= 4 is 45.5 Å². The van der Waals surface area contributed by atoms with Gasteiger partial charge < -0.3 is 5.32 Å². The Morgan fingerprint density at radius 2 is 2.04 bits per heavy atom. The van der Waals surface area contributed by atoms with Gasteiger partial charge in [0, 0.05) is 11.9 Å². The molecule has 132 valence electrons. The molecule has 0 bridgehead atoms. The van der Waals surface area contributed by atoms with Crippen LogP contribution in [0.5, 0.6) is 0 Å². The van der Waals surface area contributed by atoms with E-state index in [0.717, 1.165) is 27.0 Å². The summed E-state index contributed by atoms with van der Waals surface area (Å²) < 4.78 is 0. The Morgan fingerprint density at radius 3 is 2.77 bits per heavy atom. The van der Waals surface area contributed by atoms with Crippen molar-refractivity contribution in [3.05, 3.63) is 65.6 Å². The van der Waals surface area contributed by atoms with Gasteiger partial charge in [0.05, 0.1) is 21.7 Å². The standard InChI is InChI=1S/C19H18N4OS2/c1-12(2)11-20-19(25)23-22-18(24)14-10-16(17-8-5-9-26-17)21-15-7-4-3-6-13(14)15/h3-10H,1,11H2,2H3,(H,22,24)(H2,20,23,25). The predicted octanol–water partition coefficient (Wildman–Crippen LogP) is 3.65. The van der Waals surface area contributed by atoms with Crippen LogP contribution in [0.3, 0.4) is 0 Å². The average Bonchev–Trinajstić information content (AvgIpc) is 3.18. The van der Waals surface area contributed by atoms with E-state index in [4.69, 9.17) is 12.2 Å². The van der Waals surface area contributed by atoms with E-state index < -0.39 is 0 Å². The summed E-state index contributed by atoms with van der Waals surface area (Å²) in [6.07, 6.45) is 0. The number of para-hydroxylation sites is 1. The molecule has 1 aromatic carbocycles. The number of benzene rings is 1. The van der Waals surface area contributed by atoms with Gasteiger partial charge in [0.25, 0.3) is 5.91 Å². The number of hydrogen-bond donors (Lipinski definition) is 3. The van der Waals surface area contributed by atoms with Crippen LogP contribution in [0.25, 0.3) is 21.5 Å². The van der Waals surface area contributed by atoms with Gasteiger partial charge in [-0.05, 0) is 42.7 Å². The first-order valence-electron chi connectivity index (χ1n) is 7.97. The lowest BCUT2D eigenvalue weighted by atomic mass is 10.1. The van der Waals surface area contributed by atoms with Gasteiger partial charge in [0.2, 0.25) is 0 Å². The van der Waals surface area contributed by atoms with Gasteiger partial charge in [-0.1, -0.05) is 36.4 Å². The molecule has 0 aliphatic carbocycles. The molecule has 26 heavy (non-hydrogen) atoms. The van der Waals surface area contributed by atoms with Crippen LogP contribution < -0.4 is 16.2 Å². The summed E-state index contributed by atoms with van der Waals surface area (Å²) >= 11 is 6.72. The molecule has 0 aliphatic heterocycles. The van der Waals surface area contributed by atoms with E-state index in [2.05, 4.69) is 27.7 Å². The average molecular weight is 383 g/mol. The maximum absolute atomic E-state index is 12.7. The molecule has 3 aromatic rings. The van der Waals surface area contributed by atoms with Crippen molar-refractivity contribution in [1.82, 2.24) is 21.2 Å². The van der Waals surface area contributed by atoms with Crippen LogP contribution in [0.2, 0.25) is 0 Å². The van der Waals surface area contributed by atoms with Crippen molar-refractivity contribution in [2.45, 2.75) is 6.92 Å². The molecular formula is C19H18N4OS2. The molecule has 0 atom stereocenters. The minimum absolute atomic E-state index is 0.277. The number of thiocarbonyl (C=S) groups is 1. The number of nitrogens with one attached hydrogen (secondary N) is 3. The minimum Gasteiger partial charge on any atom is -0.358 e. The number of amides is 1. The lowest BCUT2D eigenvalue weighted by molar-refractivity contribution is 0.0945. The molecule has 0 spiro atoms. The lowest BCUT2D eigenvalue weighted by Crippen LogP contribution is -2.47. The van der Waals surface area contributed by atoms with Crippen LogP contribution in [-0.2, 0) is 0 Å². The highest BCUT2D eigenvalue weighted by Gasteiger charge is 2.14.